The summed E-state index contributed by atoms with van der Waals surface area (Å²) in [6.07, 6.45) is 1.86. The van der Waals surface area contributed by atoms with E-state index in [4.69, 9.17) is 4.84 Å². The van der Waals surface area contributed by atoms with E-state index < -0.39 is 0 Å². The van der Waals surface area contributed by atoms with Gasteiger partial charge in [0.2, 0.25) is 0 Å². The average molecular weight is 293 g/mol. The molecule has 0 spiro atoms. The third-order valence-electron chi connectivity index (χ3n) is 4.50. The second kappa shape index (κ2) is 5.14. The van der Waals surface area contributed by atoms with Crippen LogP contribution in [-0.4, -0.2) is 35.5 Å². The molecule has 4 heteroatoms. The quantitative estimate of drug-likeness (QED) is 0.728. The standard InChI is InChI=1S/C18H19N3O/c1-20-11-14-5-3-4-6-16(14)17(12-20)13-7-8-18-15(9-13)10-19-21(18)22-2/h3-10,17H,11-12H2,1-2H3. The van der Waals surface area contributed by atoms with Crippen LogP contribution in [0.15, 0.2) is 48.7 Å². The molecule has 4 nitrogen and oxygen atoms in total. The van der Waals surface area contributed by atoms with E-state index in [1.165, 1.54) is 16.7 Å². The minimum absolute atomic E-state index is 0.408. The highest BCUT2D eigenvalue weighted by molar-refractivity contribution is 5.79. The molecule has 1 aliphatic rings. The first kappa shape index (κ1) is 13.3. The van der Waals surface area contributed by atoms with Crippen LogP contribution in [0.4, 0.5) is 0 Å². The maximum absolute atomic E-state index is 5.22. The van der Waals surface area contributed by atoms with Gasteiger partial charge in [-0.2, -0.15) is 0 Å². The van der Waals surface area contributed by atoms with Crippen LogP contribution in [0.3, 0.4) is 0 Å². The highest BCUT2D eigenvalue weighted by atomic mass is 16.7. The van der Waals surface area contributed by atoms with Crippen molar-refractivity contribution in [2.24, 2.45) is 0 Å². The molecular formula is C18H19N3O. The predicted molar refractivity (Wildman–Crippen MR) is 86.9 cm³/mol. The van der Waals surface area contributed by atoms with E-state index in [9.17, 15) is 0 Å². The Kier molecular flexibility index (Phi) is 3.12. The van der Waals surface area contributed by atoms with Gasteiger partial charge in [-0.25, -0.2) is 0 Å². The van der Waals surface area contributed by atoms with Gasteiger partial charge in [-0.3, -0.25) is 0 Å². The van der Waals surface area contributed by atoms with Gasteiger partial charge < -0.3 is 9.74 Å². The number of hydrogen-bond donors (Lipinski definition) is 0. The molecule has 0 fully saturated rings. The van der Waals surface area contributed by atoms with Crippen LogP contribution < -0.4 is 4.84 Å². The normalized spacial score (nSPS) is 18.4. The summed E-state index contributed by atoms with van der Waals surface area (Å²) < 4.78 is 0. The van der Waals surface area contributed by atoms with Crippen molar-refractivity contribution in [1.82, 2.24) is 14.8 Å². The van der Waals surface area contributed by atoms with Crippen molar-refractivity contribution in [1.29, 1.82) is 0 Å². The van der Waals surface area contributed by atoms with Gasteiger partial charge in [0.25, 0.3) is 0 Å². The Hall–Kier alpha value is -2.33. The Bertz CT molecular complexity index is 824. The van der Waals surface area contributed by atoms with Crippen LogP contribution in [0, 0.1) is 0 Å². The number of likely N-dealkylation sites (N-methyl/N-ethyl adjacent to an activating group) is 1. The highest BCUT2D eigenvalue weighted by Gasteiger charge is 2.24. The molecule has 4 rings (SSSR count). The van der Waals surface area contributed by atoms with E-state index in [2.05, 4.69) is 59.5 Å². The zero-order valence-corrected chi connectivity index (χ0v) is 12.9. The molecule has 2 aromatic carbocycles. The SMILES string of the molecule is COn1ncc2cc(C3CN(C)Cc4ccccc43)ccc21. The maximum Gasteiger partial charge on any atom is 0.110 e. The average Bonchev–Trinajstić information content (AvgIpc) is 2.96. The molecule has 0 aliphatic carbocycles. The van der Waals surface area contributed by atoms with Gasteiger partial charge in [0.1, 0.15) is 12.6 Å². The zero-order chi connectivity index (χ0) is 15.1. The number of nitrogens with zero attached hydrogens (tertiary/aromatic N) is 3. The third-order valence-corrected chi connectivity index (χ3v) is 4.50. The minimum Gasteiger partial charge on any atom is -0.400 e. The fourth-order valence-electron chi connectivity index (χ4n) is 3.46. The van der Waals surface area contributed by atoms with E-state index in [0.29, 0.717) is 5.92 Å². The number of fused-ring (bicyclic) bond motifs is 2. The van der Waals surface area contributed by atoms with E-state index >= 15 is 0 Å². The molecule has 0 amide bonds. The Morgan fingerprint density at radius 2 is 2.05 bits per heavy atom. The number of rotatable bonds is 2. The summed E-state index contributed by atoms with van der Waals surface area (Å²) in [5.41, 5.74) is 5.21. The van der Waals surface area contributed by atoms with Crippen LogP contribution in [0.5, 0.6) is 0 Å². The summed E-state index contributed by atoms with van der Waals surface area (Å²) in [4.78, 5) is 9.16. The summed E-state index contributed by atoms with van der Waals surface area (Å²) in [6, 6.07) is 15.3. The van der Waals surface area contributed by atoms with E-state index in [1.807, 2.05) is 6.20 Å². The van der Waals surface area contributed by atoms with Crippen molar-refractivity contribution in [2.45, 2.75) is 12.5 Å². The van der Waals surface area contributed by atoms with Crippen LogP contribution >= 0.6 is 0 Å². The largest absolute Gasteiger partial charge is 0.400 e. The van der Waals surface area contributed by atoms with Crippen molar-refractivity contribution in [2.75, 3.05) is 20.7 Å². The van der Waals surface area contributed by atoms with Gasteiger partial charge in [0.05, 0.1) is 6.20 Å². The van der Waals surface area contributed by atoms with Crippen molar-refractivity contribution in [3.05, 3.63) is 65.4 Å². The summed E-state index contributed by atoms with van der Waals surface area (Å²) >= 11 is 0. The molecule has 1 aliphatic heterocycles. The molecule has 0 saturated heterocycles. The van der Waals surface area contributed by atoms with Crippen molar-refractivity contribution in [3.8, 4) is 0 Å². The molecule has 22 heavy (non-hydrogen) atoms. The Labute approximate surface area is 129 Å². The smallest absolute Gasteiger partial charge is 0.110 e. The molecule has 2 heterocycles. The zero-order valence-electron chi connectivity index (χ0n) is 12.9. The van der Waals surface area contributed by atoms with Gasteiger partial charge in [0, 0.05) is 24.4 Å². The second-order valence-electron chi connectivity index (χ2n) is 5.97. The van der Waals surface area contributed by atoms with Gasteiger partial charge in [-0.1, -0.05) is 35.2 Å². The maximum atomic E-state index is 5.22. The van der Waals surface area contributed by atoms with Gasteiger partial charge in [-0.05, 0) is 35.9 Å². The minimum atomic E-state index is 0.408. The van der Waals surface area contributed by atoms with Crippen LogP contribution in [-0.2, 0) is 6.54 Å². The lowest BCUT2D eigenvalue weighted by Gasteiger charge is -2.32. The van der Waals surface area contributed by atoms with E-state index in [-0.39, 0.29) is 0 Å². The topological polar surface area (TPSA) is 30.3 Å². The predicted octanol–water partition coefficient (Wildman–Crippen LogP) is 2.67. The first-order chi connectivity index (χ1) is 10.8. The molecule has 1 aromatic heterocycles. The molecule has 3 aromatic rings. The van der Waals surface area contributed by atoms with Crippen LogP contribution in [0.1, 0.15) is 22.6 Å². The van der Waals surface area contributed by atoms with Crippen molar-refractivity contribution < 1.29 is 4.84 Å². The number of hydrogen-bond acceptors (Lipinski definition) is 3. The lowest BCUT2D eigenvalue weighted by molar-refractivity contribution is 0.145. The lowest BCUT2D eigenvalue weighted by atomic mass is 9.84. The fourth-order valence-corrected chi connectivity index (χ4v) is 3.46. The Morgan fingerprint density at radius 3 is 2.91 bits per heavy atom. The number of benzene rings is 2. The molecule has 0 radical (unpaired) electrons. The molecule has 0 saturated carbocycles. The van der Waals surface area contributed by atoms with Crippen LogP contribution in [0.2, 0.25) is 0 Å². The van der Waals surface area contributed by atoms with Crippen molar-refractivity contribution in [3.63, 3.8) is 0 Å². The molecule has 112 valence electrons. The Balaban J connectivity index is 1.81. The molecule has 1 atom stereocenters. The van der Waals surface area contributed by atoms with Gasteiger partial charge >= 0.3 is 0 Å². The van der Waals surface area contributed by atoms with Crippen LogP contribution in [0.25, 0.3) is 10.9 Å². The summed E-state index contributed by atoms with van der Waals surface area (Å²) in [7, 11) is 3.82. The van der Waals surface area contributed by atoms with E-state index in [0.717, 1.165) is 24.0 Å². The molecular weight excluding hydrogens is 274 g/mol. The summed E-state index contributed by atoms with van der Waals surface area (Å²) in [5, 5.41) is 5.36. The molecule has 0 N–H and O–H groups in total. The molecule has 0 bridgehead atoms. The third kappa shape index (κ3) is 2.07. The number of aromatic nitrogens is 2. The Morgan fingerprint density at radius 1 is 1.18 bits per heavy atom. The first-order valence-corrected chi connectivity index (χ1v) is 7.55. The summed E-state index contributed by atoms with van der Waals surface area (Å²) in [6.45, 7) is 2.07. The first-order valence-electron chi connectivity index (χ1n) is 7.55. The summed E-state index contributed by atoms with van der Waals surface area (Å²) in [5.74, 6) is 0.408. The second-order valence-corrected chi connectivity index (χ2v) is 5.97. The van der Waals surface area contributed by atoms with E-state index in [1.54, 1.807) is 12.0 Å². The monoisotopic (exact) mass is 293 g/mol. The van der Waals surface area contributed by atoms with Gasteiger partial charge in [0.15, 0.2) is 0 Å². The van der Waals surface area contributed by atoms with Gasteiger partial charge in [-0.15, -0.1) is 5.10 Å². The highest BCUT2D eigenvalue weighted by Crippen LogP contribution is 2.34. The lowest BCUT2D eigenvalue weighted by Crippen LogP contribution is -2.30. The fraction of sp³-hybridized carbons (Fsp3) is 0.278. The van der Waals surface area contributed by atoms with Crippen molar-refractivity contribution >= 4 is 10.9 Å². The molecule has 1 unspecified atom stereocenters.